The number of benzene rings is 1. The average molecular weight is 404 g/mol. The molecule has 2 aromatic rings. The average Bonchev–Trinajstić information content (AvgIpc) is 3.28. The molecule has 1 aliphatic carbocycles. The van der Waals surface area contributed by atoms with Gasteiger partial charge >= 0.3 is 0 Å². The molecule has 6 heteroatoms. The van der Waals surface area contributed by atoms with Crippen LogP contribution >= 0.6 is 15.9 Å². The van der Waals surface area contributed by atoms with Gasteiger partial charge < -0.3 is 10.6 Å². The molecule has 2 N–H and O–H groups in total. The van der Waals surface area contributed by atoms with Gasteiger partial charge in [0.2, 0.25) is 0 Å². The van der Waals surface area contributed by atoms with Gasteiger partial charge in [-0.15, -0.1) is 0 Å². The van der Waals surface area contributed by atoms with Crippen LogP contribution in [0.4, 0.5) is 0 Å². The van der Waals surface area contributed by atoms with Gasteiger partial charge in [-0.05, 0) is 49.4 Å². The first-order valence-corrected chi connectivity index (χ1v) is 9.66. The van der Waals surface area contributed by atoms with Crippen molar-refractivity contribution < 1.29 is 0 Å². The fraction of sp³-hybridized carbons (Fsp3) is 0.474. The number of aryl methyl sites for hydroxylation is 1. The summed E-state index contributed by atoms with van der Waals surface area (Å²) >= 11 is 3.58. The molecule has 0 atom stereocenters. The van der Waals surface area contributed by atoms with Crippen LogP contribution in [-0.4, -0.2) is 35.4 Å². The van der Waals surface area contributed by atoms with Gasteiger partial charge in [-0.25, -0.2) is 0 Å². The van der Waals surface area contributed by atoms with E-state index in [2.05, 4.69) is 69.0 Å². The van der Waals surface area contributed by atoms with Crippen LogP contribution < -0.4 is 10.6 Å². The van der Waals surface area contributed by atoms with Gasteiger partial charge in [-0.1, -0.05) is 28.1 Å². The highest BCUT2D eigenvalue weighted by Gasteiger charge is 2.44. The van der Waals surface area contributed by atoms with E-state index < -0.39 is 0 Å². The number of nitrogens with one attached hydrogen (secondary N) is 2. The summed E-state index contributed by atoms with van der Waals surface area (Å²) in [6.07, 6.45) is 7.33. The van der Waals surface area contributed by atoms with Gasteiger partial charge in [0.25, 0.3) is 0 Å². The van der Waals surface area contributed by atoms with E-state index in [0.29, 0.717) is 0 Å². The van der Waals surface area contributed by atoms with Crippen molar-refractivity contribution in [3.63, 3.8) is 0 Å². The van der Waals surface area contributed by atoms with Crippen LogP contribution in [0.5, 0.6) is 0 Å². The van der Waals surface area contributed by atoms with Crippen molar-refractivity contribution in [1.82, 2.24) is 20.4 Å². The standard InChI is InChI=1S/C19H26BrN5/c1-3-21-18(22-10-7-15-12-24-25(2)13-15)23-14-19(8-9-19)16-5-4-6-17(20)11-16/h4-6,11-13H,3,7-10,14H2,1-2H3,(H2,21,22,23). The molecule has 25 heavy (non-hydrogen) atoms. The number of nitrogens with zero attached hydrogens (tertiary/aromatic N) is 3. The SMILES string of the molecule is CCNC(=NCC1(c2cccc(Br)c2)CC1)NCCc1cnn(C)c1. The van der Waals surface area contributed by atoms with Crippen molar-refractivity contribution in [1.29, 1.82) is 0 Å². The maximum Gasteiger partial charge on any atom is 0.191 e. The highest BCUT2D eigenvalue weighted by atomic mass is 79.9. The molecule has 0 radical (unpaired) electrons. The molecule has 1 fully saturated rings. The normalized spacial score (nSPS) is 15.9. The minimum Gasteiger partial charge on any atom is -0.357 e. The molecular weight excluding hydrogens is 378 g/mol. The lowest BCUT2D eigenvalue weighted by atomic mass is 9.96. The van der Waals surface area contributed by atoms with E-state index in [4.69, 9.17) is 4.99 Å². The number of aromatic nitrogens is 2. The molecule has 0 aliphatic heterocycles. The Hall–Kier alpha value is -1.82. The lowest BCUT2D eigenvalue weighted by Gasteiger charge is -2.16. The predicted molar refractivity (Wildman–Crippen MR) is 106 cm³/mol. The van der Waals surface area contributed by atoms with E-state index in [-0.39, 0.29) is 5.41 Å². The maximum absolute atomic E-state index is 4.85. The fourth-order valence-electron chi connectivity index (χ4n) is 3.01. The van der Waals surface area contributed by atoms with Crippen LogP contribution in [0.25, 0.3) is 0 Å². The van der Waals surface area contributed by atoms with Gasteiger partial charge in [0, 0.05) is 36.2 Å². The minimum absolute atomic E-state index is 0.218. The van der Waals surface area contributed by atoms with E-state index in [9.17, 15) is 0 Å². The van der Waals surface area contributed by atoms with E-state index in [1.807, 2.05) is 17.9 Å². The molecule has 1 aromatic heterocycles. The number of rotatable bonds is 7. The van der Waals surface area contributed by atoms with Crippen LogP contribution in [0.1, 0.15) is 30.9 Å². The molecule has 3 rings (SSSR count). The number of aliphatic imine (C=N–C) groups is 1. The predicted octanol–water partition coefficient (Wildman–Crippen LogP) is 3.01. The Morgan fingerprint density at radius 3 is 2.84 bits per heavy atom. The quantitative estimate of drug-likeness (QED) is 0.551. The third-order valence-electron chi connectivity index (χ3n) is 4.64. The molecule has 5 nitrogen and oxygen atoms in total. The Balaban J connectivity index is 1.58. The second-order valence-corrected chi connectivity index (χ2v) is 7.60. The summed E-state index contributed by atoms with van der Waals surface area (Å²) in [7, 11) is 1.94. The van der Waals surface area contributed by atoms with Gasteiger partial charge in [-0.3, -0.25) is 9.67 Å². The Bertz CT molecular complexity index is 733. The molecule has 134 valence electrons. The largest absolute Gasteiger partial charge is 0.357 e. The summed E-state index contributed by atoms with van der Waals surface area (Å²) in [6.45, 7) is 4.63. The Labute approximate surface area is 158 Å². The van der Waals surface area contributed by atoms with Crippen molar-refractivity contribution in [2.24, 2.45) is 12.0 Å². The molecule has 0 bridgehead atoms. The van der Waals surface area contributed by atoms with E-state index in [1.54, 1.807) is 0 Å². The Morgan fingerprint density at radius 1 is 1.36 bits per heavy atom. The third-order valence-corrected chi connectivity index (χ3v) is 5.13. The van der Waals surface area contributed by atoms with Crippen molar-refractivity contribution >= 4 is 21.9 Å². The monoisotopic (exact) mass is 403 g/mol. The van der Waals surface area contributed by atoms with Gasteiger partial charge in [0.15, 0.2) is 5.96 Å². The van der Waals surface area contributed by atoms with Crippen LogP contribution in [-0.2, 0) is 18.9 Å². The summed E-state index contributed by atoms with van der Waals surface area (Å²) in [5, 5.41) is 11.0. The molecule has 0 saturated heterocycles. The van der Waals surface area contributed by atoms with Gasteiger partial charge in [0.1, 0.15) is 0 Å². The summed E-state index contributed by atoms with van der Waals surface area (Å²) in [5.74, 6) is 0.896. The highest BCUT2D eigenvalue weighted by molar-refractivity contribution is 9.10. The zero-order valence-corrected chi connectivity index (χ0v) is 16.5. The van der Waals surface area contributed by atoms with E-state index in [1.165, 1.54) is 24.0 Å². The minimum atomic E-state index is 0.218. The number of halogens is 1. The van der Waals surface area contributed by atoms with Crippen molar-refractivity contribution in [2.45, 2.75) is 31.6 Å². The highest BCUT2D eigenvalue weighted by Crippen LogP contribution is 2.48. The molecule has 0 amide bonds. The van der Waals surface area contributed by atoms with Crippen molar-refractivity contribution in [3.05, 3.63) is 52.3 Å². The second kappa shape index (κ2) is 8.04. The first-order valence-electron chi connectivity index (χ1n) is 8.87. The van der Waals surface area contributed by atoms with E-state index >= 15 is 0 Å². The molecule has 1 saturated carbocycles. The molecule has 0 spiro atoms. The lowest BCUT2D eigenvalue weighted by molar-refractivity contribution is 0.691. The topological polar surface area (TPSA) is 54.2 Å². The zero-order chi connectivity index (χ0) is 17.7. The van der Waals surface area contributed by atoms with Gasteiger partial charge in [0.05, 0.1) is 12.7 Å². The second-order valence-electron chi connectivity index (χ2n) is 6.68. The third kappa shape index (κ3) is 4.84. The molecule has 1 aliphatic rings. The summed E-state index contributed by atoms with van der Waals surface area (Å²) in [5.41, 5.74) is 2.84. The molecular formula is C19H26BrN5. The van der Waals surface area contributed by atoms with Gasteiger partial charge in [-0.2, -0.15) is 5.10 Å². The van der Waals surface area contributed by atoms with Crippen LogP contribution in [0.3, 0.4) is 0 Å². The lowest BCUT2D eigenvalue weighted by Crippen LogP contribution is -2.39. The Kier molecular flexibility index (Phi) is 5.78. The number of hydrogen-bond acceptors (Lipinski definition) is 2. The Morgan fingerprint density at radius 2 is 2.20 bits per heavy atom. The van der Waals surface area contributed by atoms with Crippen LogP contribution in [0.15, 0.2) is 46.1 Å². The molecule has 0 unspecified atom stereocenters. The summed E-state index contributed by atoms with van der Waals surface area (Å²) in [6, 6.07) is 8.63. The van der Waals surface area contributed by atoms with E-state index in [0.717, 1.165) is 36.5 Å². The zero-order valence-electron chi connectivity index (χ0n) is 14.9. The van der Waals surface area contributed by atoms with Crippen molar-refractivity contribution in [3.8, 4) is 0 Å². The summed E-state index contributed by atoms with van der Waals surface area (Å²) < 4.78 is 2.98. The maximum atomic E-state index is 4.85. The van der Waals surface area contributed by atoms with Crippen LogP contribution in [0.2, 0.25) is 0 Å². The first-order chi connectivity index (χ1) is 12.1. The summed E-state index contributed by atoms with van der Waals surface area (Å²) in [4.78, 5) is 4.85. The first kappa shape index (κ1) is 18.0. The fourth-order valence-corrected chi connectivity index (χ4v) is 3.40. The number of guanidine groups is 1. The van der Waals surface area contributed by atoms with Crippen molar-refractivity contribution in [2.75, 3.05) is 19.6 Å². The van der Waals surface area contributed by atoms with Crippen LogP contribution in [0, 0.1) is 0 Å². The number of hydrogen-bond donors (Lipinski definition) is 2. The molecule has 1 heterocycles. The molecule has 1 aromatic carbocycles. The smallest absolute Gasteiger partial charge is 0.191 e.